The van der Waals surface area contributed by atoms with Gasteiger partial charge in [0, 0.05) is 11.9 Å². The van der Waals surface area contributed by atoms with Crippen molar-refractivity contribution in [1.29, 1.82) is 5.26 Å². The molecule has 3 aromatic rings. The SMILES string of the molecule is N#CC(c1ccccc1)C1CCCN1c1nc2sccn2c1[N+](=O)[O-]. The number of rotatable bonds is 4. The van der Waals surface area contributed by atoms with Gasteiger partial charge in [0.2, 0.25) is 5.82 Å². The predicted octanol–water partition coefficient (Wildman–Crippen LogP) is 3.58. The first-order chi connectivity index (χ1) is 12.2. The predicted molar refractivity (Wildman–Crippen MR) is 94.9 cm³/mol. The minimum atomic E-state index is -0.388. The molecule has 4 rings (SSSR count). The molecule has 1 aliphatic heterocycles. The molecule has 0 saturated carbocycles. The van der Waals surface area contributed by atoms with Gasteiger partial charge in [-0.15, -0.1) is 0 Å². The Hall–Kier alpha value is -2.92. The lowest BCUT2D eigenvalue weighted by Gasteiger charge is -2.27. The lowest BCUT2D eigenvalue weighted by molar-refractivity contribution is -0.389. The van der Waals surface area contributed by atoms with Crippen molar-refractivity contribution in [3.8, 4) is 6.07 Å². The van der Waals surface area contributed by atoms with Crippen LogP contribution in [0.2, 0.25) is 0 Å². The van der Waals surface area contributed by atoms with Crippen LogP contribution in [0.1, 0.15) is 24.3 Å². The lowest BCUT2D eigenvalue weighted by atomic mass is 9.91. The Bertz CT molecular complexity index is 958. The first kappa shape index (κ1) is 15.6. The molecule has 1 saturated heterocycles. The van der Waals surface area contributed by atoms with Crippen molar-refractivity contribution in [2.75, 3.05) is 11.4 Å². The third kappa shape index (κ3) is 2.53. The van der Waals surface area contributed by atoms with E-state index in [1.807, 2.05) is 35.2 Å². The first-order valence-electron chi connectivity index (χ1n) is 8.02. The number of aromatic nitrogens is 2. The van der Waals surface area contributed by atoms with Crippen LogP contribution in [0.4, 0.5) is 11.6 Å². The number of thiazole rings is 1. The summed E-state index contributed by atoms with van der Waals surface area (Å²) < 4.78 is 1.51. The molecular formula is C17H15N5O2S. The molecule has 2 unspecified atom stereocenters. The monoisotopic (exact) mass is 353 g/mol. The molecule has 3 heterocycles. The molecule has 1 aromatic carbocycles. The van der Waals surface area contributed by atoms with Gasteiger partial charge >= 0.3 is 5.82 Å². The normalized spacial score (nSPS) is 18.4. The number of hydrogen-bond donors (Lipinski definition) is 0. The van der Waals surface area contributed by atoms with E-state index in [0.717, 1.165) is 18.4 Å². The van der Waals surface area contributed by atoms with Gasteiger partial charge in [-0.05, 0) is 23.3 Å². The second kappa shape index (κ2) is 6.18. The van der Waals surface area contributed by atoms with Crippen molar-refractivity contribution in [3.63, 3.8) is 0 Å². The fraction of sp³-hybridized carbons (Fsp3) is 0.294. The van der Waals surface area contributed by atoms with Crippen LogP contribution in [0.5, 0.6) is 0 Å². The van der Waals surface area contributed by atoms with Crippen LogP contribution in [0.15, 0.2) is 41.9 Å². The van der Waals surface area contributed by atoms with E-state index in [0.29, 0.717) is 17.3 Å². The Morgan fingerprint density at radius 1 is 1.40 bits per heavy atom. The molecule has 2 aromatic heterocycles. The molecular weight excluding hydrogens is 338 g/mol. The fourth-order valence-electron chi connectivity index (χ4n) is 3.57. The largest absolute Gasteiger partial charge is 0.373 e. The minimum absolute atomic E-state index is 0.0205. The molecule has 0 N–H and O–H groups in total. The smallest absolute Gasteiger partial charge is 0.358 e. The zero-order valence-corrected chi connectivity index (χ0v) is 14.1. The Balaban J connectivity index is 1.78. The molecule has 0 spiro atoms. The third-order valence-corrected chi connectivity index (χ3v) is 5.40. The van der Waals surface area contributed by atoms with Gasteiger partial charge in [0.05, 0.1) is 18.0 Å². The van der Waals surface area contributed by atoms with E-state index >= 15 is 0 Å². The average Bonchev–Trinajstić information content (AvgIpc) is 3.30. The maximum Gasteiger partial charge on any atom is 0.373 e. The summed E-state index contributed by atoms with van der Waals surface area (Å²) in [6.45, 7) is 0.668. The van der Waals surface area contributed by atoms with Crippen molar-refractivity contribution >= 4 is 27.9 Å². The van der Waals surface area contributed by atoms with Gasteiger partial charge in [-0.2, -0.15) is 14.6 Å². The summed E-state index contributed by atoms with van der Waals surface area (Å²) in [7, 11) is 0. The number of anilines is 1. The number of nitrogens with zero attached hydrogens (tertiary/aromatic N) is 5. The Morgan fingerprint density at radius 2 is 2.20 bits per heavy atom. The topological polar surface area (TPSA) is 87.5 Å². The van der Waals surface area contributed by atoms with E-state index in [9.17, 15) is 15.4 Å². The minimum Gasteiger partial charge on any atom is -0.358 e. The molecule has 25 heavy (non-hydrogen) atoms. The van der Waals surface area contributed by atoms with Crippen molar-refractivity contribution < 1.29 is 4.92 Å². The number of hydrogen-bond acceptors (Lipinski definition) is 6. The van der Waals surface area contributed by atoms with Gasteiger partial charge in [0.1, 0.15) is 6.20 Å². The van der Waals surface area contributed by atoms with E-state index in [-0.39, 0.29) is 22.7 Å². The van der Waals surface area contributed by atoms with Crippen LogP contribution >= 0.6 is 11.3 Å². The molecule has 2 atom stereocenters. The summed E-state index contributed by atoms with van der Waals surface area (Å²) in [5, 5.41) is 23.2. The van der Waals surface area contributed by atoms with Gasteiger partial charge in [0.25, 0.3) is 4.96 Å². The third-order valence-electron chi connectivity index (χ3n) is 4.65. The highest BCUT2D eigenvalue weighted by molar-refractivity contribution is 7.15. The summed E-state index contributed by atoms with van der Waals surface area (Å²) in [4.78, 5) is 18.3. The standard InChI is InChI=1S/C17H15N5O2S/c18-11-13(12-5-2-1-3-6-12)14-7-4-8-20(14)15-16(22(23)24)21-9-10-25-17(21)19-15/h1-3,5-6,9-10,13-14H,4,7-8H2. The van der Waals surface area contributed by atoms with Gasteiger partial charge in [0.15, 0.2) is 0 Å². The van der Waals surface area contributed by atoms with Crippen LogP contribution in [-0.2, 0) is 0 Å². The van der Waals surface area contributed by atoms with Crippen LogP contribution in [0.25, 0.3) is 4.96 Å². The molecule has 7 nitrogen and oxygen atoms in total. The maximum atomic E-state index is 11.6. The van der Waals surface area contributed by atoms with Crippen LogP contribution in [0, 0.1) is 21.4 Å². The maximum absolute atomic E-state index is 11.6. The summed E-state index contributed by atoms with van der Waals surface area (Å²) in [6, 6.07) is 11.9. The molecule has 1 aliphatic rings. The van der Waals surface area contributed by atoms with E-state index < -0.39 is 0 Å². The molecule has 0 amide bonds. The molecule has 0 aliphatic carbocycles. The van der Waals surface area contributed by atoms with Crippen LogP contribution in [0.3, 0.4) is 0 Å². The zero-order valence-electron chi connectivity index (χ0n) is 13.3. The van der Waals surface area contributed by atoms with E-state index in [2.05, 4.69) is 11.1 Å². The summed E-state index contributed by atoms with van der Waals surface area (Å²) in [6.07, 6.45) is 3.37. The molecule has 0 radical (unpaired) electrons. The van der Waals surface area contributed by atoms with Crippen molar-refractivity contribution in [2.45, 2.75) is 24.8 Å². The second-order valence-electron chi connectivity index (χ2n) is 5.99. The van der Waals surface area contributed by atoms with E-state index in [4.69, 9.17) is 0 Å². The van der Waals surface area contributed by atoms with Crippen LogP contribution in [-0.4, -0.2) is 26.9 Å². The number of nitriles is 1. The van der Waals surface area contributed by atoms with Gasteiger partial charge < -0.3 is 15.0 Å². The molecule has 0 bridgehead atoms. The van der Waals surface area contributed by atoms with E-state index in [1.54, 1.807) is 11.6 Å². The van der Waals surface area contributed by atoms with Gasteiger partial charge in [-0.3, -0.25) is 0 Å². The van der Waals surface area contributed by atoms with Crippen molar-refractivity contribution in [1.82, 2.24) is 9.38 Å². The lowest BCUT2D eigenvalue weighted by Crippen LogP contribution is -2.34. The highest BCUT2D eigenvalue weighted by atomic mass is 32.1. The summed E-state index contributed by atoms with van der Waals surface area (Å²) in [5.41, 5.74) is 0.936. The molecule has 126 valence electrons. The van der Waals surface area contributed by atoms with E-state index in [1.165, 1.54) is 15.7 Å². The second-order valence-corrected chi connectivity index (χ2v) is 6.87. The molecule has 8 heteroatoms. The number of benzene rings is 1. The number of nitro groups is 1. The summed E-state index contributed by atoms with van der Waals surface area (Å²) in [5.74, 6) is 0.00599. The zero-order chi connectivity index (χ0) is 17.4. The average molecular weight is 353 g/mol. The van der Waals surface area contributed by atoms with Crippen LogP contribution < -0.4 is 4.90 Å². The summed E-state index contributed by atoms with van der Waals surface area (Å²) >= 11 is 1.37. The number of imidazole rings is 1. The quantitative estimate of drug-likeness (QED) is 0.528. The van der Waals surface area contributed by atoms with Crippen molar-refractivity contribution in [2.24, 2.45) is 0 Å². The van der Waals surface area contributed by atoms with Crippen molar-refractivity contribution in [3.05, 3.63) is 57.6 Å². The highest BCUT2D eigenvalue weighted by Crippen LogP contribution is 2.39. The van der Waals surface area contributed by atoms with Gasteiger partial charge in [-0.1, -0.05) is 41.7 Å². The fourth-order valence-corrected chi connectivity index (χ4v) is 4.27. The first-order valence-corrected chi connectivity index (χ1v) is 8.90. The Morgan fingerprint density at radius 3 is 2.92 bits per heavy atom. The number of fused-ring (bicyclic) bond motifs is 1. The Labute approximate surface area is 147 Å². The highest BCUT2D eigenvalue weighted by Gasteiger charge is 2.38. The molecule has 1 fully saturated rings. The van der Waals surface area contributed by atoms with Gasteiger partial charge in [-0.25, -0.2) is 0 Å². The Kier molecular flexibility index (Phi) is 3.86.